The highest BCUT2D eigenvalue weighted by Crippen LogP contribution is 2.25. The fourth-order valence-corrected chi connectivity index (χ4v) is 2.98. The van der Waals surface area contributed by atoms with Crippen LogP contribution in [0.15, 0.2) is 33.7 Å². The number of benzene rings is 1. The molecule has 0 saturated heterocycles. The number of nitrogens with one attached hydrogen (secondary N) is 1. The summed E-state index contributed by atoms with van der Waals surface area (Å²) >= 11 is 0. The van der Waals surface area contributed by atoms with Crippen molar-refractivity contribution in [3.05, 3.63) is 41.3 Å². The summed E-state index contributed by atoms with van der Waals surface area (Å²) in [5.74, 6) is 0.613. The molecule has 1 heterocycles. The molecule has 0 aliphatic heterocycles. The van der Waals surface area contributed by atoms with Gasteiger partial charge in [-0.15, -0.1) is 0 Å². The Morgan fingerprint density at radius 1 is 1.38 bits per heavy atom. The van der Waals surface area contributed by atoms with Crippen LogP contribution in [0.5, 0.6) is 5.75 Å². The van der Waals surface area contributed by atoms with Gasteiger partial charge in [0.1, 0.15) is 10.6 Å². The van der Waals surface area contributed by atoms with Crippen molar-refractivity contribution in [3.63, 3.8) is 0 Å². The summed E-state index contributed by atoms with van der Waals surface area (Å²) in [5, 5.41) is 12.8. The topological polar surface area (TPSA) is 102 Å². The molecule has 0 spiro atoms. The molecule has 8 heteroatoms. The third-order valence-electron chi connectivity index (χ3n) is 2.81. The van der Waals surface area contributed by atoms with Crippen LogP contribution < -0.4 is 9.46 Å². The van der Waals surface area contributed by atoms with Gasteiger partial charge in [-0.2, -0.15) is 0 Å². The van der Waals surface area contributed by atoms with Crippen LogP contribution >= 0.6 is 0 Å². The number of aliphatic hydroxyl groups excluding tert-OH is 1. The van der Waals surface area contributed by atoms with Gasteiger partial charge in [-0.05, 0) is 24.6 Å². The Hall–Kier alpha value is -1.90. The van der Waals surface area contributed by atoms with Gasteiger partial charge in [0.05, 0.1) is 26.0 Å². The zero-order valence-electron chi connectivity index (χ0n) is 11.7. The van der Waals surface area contributed by atoms with E-state index >= 15 is 0 Å². The summed E-state index contributed by atoms with van der Waals surface area (Å²) in [6, 6.07) is 6.10. The van der Waals surface area contributed by atoms with Crippen molar-refractivity contribution < 1.29 is 22.8 Å². The number of aliphatic hydroxyl groups is 1. The SMILES string of the molecule is COc1ccc(CO)cc1S(=O)(=O)NCc1cc(C)no1. The van der Waals surface area contributed by atoms with Gasteiger partial charge in [-0.3, -0.25) is 0 Å². The molecule has 2 rings (SSSR count). The highest BCUT2D eigenvalue weighted by atomic mass is 32.2. The normalized spacial score (nSPS) is 11.6. The molecule has 114 valence electrons. The number of hydrogen-bond donors (Lipinski definition) is 2. The molecule has 0 aliphatic rings. The Kier molecular flexibility index (Phi) is 4.61. The highest BCUT2D eigenvalue weighted by Gasteiger charge is 2.20. The number of methoxy groups -OCH3 is 1. The Bertz CT molecular complexity index is 724. The predicted molar refractivity (Wildman–Crippen MR) is 74.2 cm³/mol. The first-order valence-electron chi connectivity index (χ1n) is 6.16. The second-order valence-electron chi connectivity index (χ2n) is 4.40. The number of aromatic nitrogens is 1. The maximum absolute atomic E-state index is 12.3. The number of aryl methyl sites for hydroxylation is 1. The lowest BCUT2D eigenvalue weighted by Gasteiger charge is -2.11. The Balaban J connectivity index is 2.26. The van der Waals surface area contributed by atoms with Crippen LogP contribution in [0.4, 0.5) is 0 Å². The maximum Gasteiger partial charge on any atom is 0.244 e. The second kappa shape index (κ2) is 6.25. The molecule has 1 aromatic carbocycles. The van der Waals surface area contributed by atoms with Crippen molar-refractivity contribution in [1.29, 1.82) is 0 Å². The van der Waals surface area contributed by atoms with Crippen molar-refractivity contribution in [2.45, 2.75) is 25.0 Å². The van der Waals surface area contributed by atoms with E-state index in [4.69, 9.17) is 14.4 Å². The number of hydrogen-bond acceptors (Lipinski definition) is 6. The molecule has 0 amide bonds. The Labute approximate surface area is 122 Å². The largest absolute Gasteiger partial charge is 0.495 e. The van der Waals surface area contributed by atoms with Crippen LogP contribution in [0.25, 0.3) is 0 Å². The third-order valence-corrected chi connectivity index (χ3v) is 4.24. The second-order valence-corrected chi connectivity index (χ2v) is 6.14. The van der Waals surface area contributed by atoms with Crippen LogP contribution in [0.2, 0.25) is 0 Å². The van der Waals surface area contributed by atoms with Crippen LogP contribution in [-0.2, 0) is 23.2 Å². The van der Waals surface area contributed by atoms with Crippen molar-refractivity contribution in [1.82, 2.24) is 9.88 Å². The quantitative estimate of drug-likeness (QED) is 0.824. The van der Waals surface area contributed by atoms with Crippen molar-refractivity contribution in [2.75, 3.05) is 7.11 Å². The molecule has 0 aliphatic carbocycles. The number of nitrogens with zero attached hydrogens (tertiary/aromatic N) is 1. The molecule has 1 aromatic heterocycles. The van der Waals surface area contributed by atoms with E-state index in [0.717, 1.165) is 0 Å². The lowest BCUT2D eigenvalue weighted by atomic mass is 10.2. The lowest BCUT2D eigenvalue weighted by molar-refractivity contribution is 0.281. The van der Waals surface area contributed by atoms with E-state index < -0.39 is 10.0 Å². The predicted octanol–water partition coefficient (Wildman–Crippen LogP) is 0.962. The zero-order valence-corrected chi connectivity index (χ0v) is 12.5. The first kappa shape index (κ1) is 15.5. The molecule has 0 bridgehead atoms. The van der Waals surface area contributed by atoms with E-state index in [1.165, 1.54) is 19.2 Å². The summed E-state index contributed by atoms with van der Waals surface area (Å²) in [4.78, 5) is -0.0345. The zero-order chi connectivity index (χ0) is 15.5. The van der Waals surface area contributed by atoms with E-state index in [1.54, 1.807) is 19.1 Å². The molecule has 2 aromatic rings. The third kappa shape index (κ3) is 3.60. The molecule has 0 saturated carbocycles. The van der Waals surface area contributed by atoms with Crippen molar-refractivity contribution >= 4 is 10.0 Å². The summed E-state index contributed by atoms with van der Waals surface area (Å²) in [6.07, 6.45) is 0. The summed E-state index contributed by atoms with van der Waals surface area (Å²) in [6.45, 7) is 1.47. The molecule has 2 N–H and O–H groups in total. The van der Waals surface area contributed by atoms with Crippen LogP contribution in [0, 0.1) is 6.92 Å². The highest BCUT2D eigenvalue weighted by molar-refractivity contribution is 7.89. The molecule has 0 fully saturated rings. The van der Waals surface area contributed by atoms with Gasteiger partial charge in [-0.1, -0.05) is 11.2 Å². The van der Waals surface area contributed by atoms with Crippen LogP contribution in [-0.4, -0.2) is 25.8 Å². The van der Waals surface area contributed by atoms with E-state index in [2.05, 4.69) is 9.88 Å². The van der Waals surface area contributed by atoms with E-state index in [9.17, 15) is 8.42 Å². The van der Waals surface area contributed by atoms with Gasteiger partial charge in [0.25, 0.3) is 0 Å². The molecular formula is C13H16N2O5S. The maximum atomic E-state index is 12.3. The summed E-state index contributed by atoms with van der Waals surface area (Å²) in [5.41, 5.74) is 1.15. The minimum Gasteiger partial charge on any atom is -0.495 e. The first-order valence-corrected chi connectivity index (χ1v) is 7.64. The van der Waals surface area contributed by atoms with E-state index in [1.807, 2.05) is 0 Å². The lowest BCUT2D eigenvalue weighted by Crippen LogP contribution is -2.23. The number of sulfonamides is 1. The van der Waals surface area contributed by atoms with Gasteiger partial charge in [0.15, 0.2) is 5.76 Å². The van der Waals surface area contributed by atoms with Gasteiger partial charge in [-0.25, -0.2) is 13.1 Å². The minimum absolute atomic E-state index is 0.0182. The monoisotopic (exact) mass is 312 g/mol. The van der Waals surface area contributed by atoms with Crippen LogP contribution in [0.1, 0.15) is 17.0 Å². The molecule has 0 atom stereocenters. The molecule has 0 radical (unpaired) electrons. The molecule has 21 heavy (non-hydrogen) atoms. The number of ether oxygens (including phenoxy) is 1. The Morgan fingerprint density at radius 3 is 2.71 bits per heavy atom. The van der Waals surface area contributed by atoms with E-state index in [0.29, 0.717) is 17.0 Å². The smallest absolute Gasteiger partial charge is 0.244 e. The van der Waals surface area contributed by atoms with Crippen LogP contribution in [0.3, 0.4) is 0 Å². The van der Waals surface area contributed by atoms with Gasteiger partial charge in [0, 0.05) is 6.07 Å². The molecule has 7 nitrogen and oxygen atoms in total. The summed E-state index contributed by atoms with van der Waals surface area (Å²) < 4.78 is 37.1. The Morgan fingerprint density at radius 2 is 2.14 bits per heavy atom. The van der Waals surface area contributed by atoms with E-state index in [-0.39, 0.29) is 23.8 Å². The first-order chi connectivity index (χ1) is 9.96. The number of rotatable bonds is 6. The van der Waals surface area contributed by atoms with Gasteiger partial charge < -0.3 is 14.4 Å². The minimum atomic E-state index is -3.80. The molecular weight excluding hydrogens is 296 g/mol. The fraction of sp³-hybridized carbons (Fsp3) is 0.308. The molecule has 0 unspecified atom stereocenters. The average Bonchev–Trinajstić information content (AvgIpc) is 2.90. The average molecular weight is 312 g/mol. The van der Waals surface area contributed by atoms with Crippen molar-refractivity contribution in [2.24, 2.45) is 0 Å². The van der Waals surface area contributed by atoms with Crippen molar-refractivity contribution in [3.8, 4) is 5.75 Å². The fourth-order valence-electron chi connectivity index (χ4n) is 1.77. The van der Waals surface area contributed by atoms with Gasteiger partial charge >= 0.3 is 0 Å². The van der Waals surface area contributed by atoms with Gasteiger partial charge in [0.2, 0.25) is 10.0 Å². The standard InChI is InChI=1S/C13H16N2O5S/c1-9-5-11(20-15-9)7-14-21(17,18)13-6-10(8-16)3-4-12(13)19-2/h3-6,14,16H,7-8H2,1-2H3. The summed E-state index contributed by atoms with van der Waals surface area (Å²) in [7, 11) is -2.42.